The van der Waals surface area contributed by atoms with E-state index in [9.17, 15) is 4.79 Å². The van der Waals surface area contributed by atoms with Crippen LogP contribution in [-0.2, 0) is 6.54 Å². The lowest BCUT2D eigenvalue weighted by Crippen LogP contribution is -2.38. The molecule has 0 bridgehead atoms. The second kappa shape index (κ2) is 8.15. The average molecular weight is 389 g/mol. The summed E-state index contributed by atoms with van der Waals surface area (Å²) < 4.78 is 1.09. The first-order valence-electron chi connectivity index (χ1n) is 8.12. The molecule has 24 heavy (non-hydrogen) atoms. The quantitative estimate of drug-likeness (QED) is 0.826. The zero-order valence-corrected chi connectivity index (χ0v) is 15.0. The number of nitrogens with zero attached hydrogens (tertiary/aromatic N) is 2. The molecule has 2 heterocycles. The summed E-state index contributed by atoms with van der Waals surface area (Å²) in [6, 6.07) is 12.0. The van der Waals surface area contributed by atoms with Crippen LogP contribution < -0.4 is 15.5 Å². The van der Waals surface area contributed by atoms with Gasteiger partial charge in [-0.3, -0.25) is 4.98 Å². The number of amides is 2. The number of pyridine rings is 1. The minimum Gasteiger partial charge on any atom is -0.371 e. The molecule has 0 saturated carbocycles. The minimum absolute atomic E-state index is 0.125. The number of aromatic nitrogens is 1. The molecule has 5 nitrogen and oxygen atoms in total. The third-order valence-electron chi connectivity index (χ3n) is 4.19. The number of carbonyl (C=O) groups excluding carboxylic acids is 1. The van der Waals surface area contributed by atoms with Crippen LogP contribution in [0.4, 0.5) is 10.5 Å². The average Bonchev–Trinajstić information content (AvgIpc) is 3.08. The molecule has 0 radical (unpaired) electrons. The first-order valence-corrected chi connectivity index (χ1v) is 8.91. The van der Waals surface area contributed by atoms with Crippen LogP contribution in [0.2, 0.25) is 0 Å². The van der Waals surface area contributed by atoms with E-state index in [4.69, 9.17) is 0 Å². The Morgan fingerprint density at radius 3 is 3.00 bits per heavy atom. The van der Waals surface area contributed by atoms with E-state index >= 15 is 0 Å². The number of nitrogens with one attached hydrogen (secondary N) is 2. The van der Waals surface area contributed by atoms with Gasteiger partial charge in [-0.15, -0.1) is 0 Å². The van der Waals surface area contributed by atoms with Gasteiger partial charge >= 0.3 is 6.03 Å². The van der Waals surface area contributed by atoms with Crippen LogP contribution in [0.5, 0.6) is 0 Å². The number of urea groups is 1. The van der Waals surface area contributed by atoms with E-state index < -0.39 is 0 Å². The number of hydrogen-bond acceptors (Lipinski definition) is 3. The zero-order chi connectivity index (χ0) is 16.8. The molecule has 6 heteroatoms. The molecule has 126 valence electrons. The molecule has 1 aromatic carbocycles. The fourth-order valence-corrected chi connectivity index (χ4v) is 3.28. The summed E-state index contributed by atoms with van der Waals surface area (Å²) in [6.07, 6.45) is 4.57. The van der Waals surface area contributed by atoms with Crippen molar-refractivity contribution in [3.63, 3.8) is 0 Å². The lowest BCUT2D eigenvalue weighted by Gasteiger charge is -2.19. The van der Waals surface area contributed by atoms with Crippen molar-refractivity contribution in [3.05, 3.63) is 58.8 Å². The standard InChI is InChI=1S/C18H21BrN4O/c19-16-4-1-5-17(9-16)23-8-6-15(13-23)12-22-18(24)21-11-14-3-2-7-20-10-14/h1-5,7,9-10,15H,6,8,11-13H2,(H2,21,22,24). The van der Waals surface area contributed by atoms with Gasteiger partial charge in [0, 0.05) is 48.7 Å². The molecule has 1 saturated heterocycles. The molecule has 2 N–H and O–H groups in total. The maximum Gasteiger partial charge on any atom is 0.315 e. The number of hydrogen-bond donors (Lipinski definition) is 2. The highest BCUT2D eigenvalue weighted by molar-refractivity contribution is 9.10. The van der Waals surface area contributed by atoms with Crippen LogP contribution in [0.25, 0.3) is 0 Å². The number of carbonyl (C=O) groups is 1. The monoisotopic (exact) mass is 388 g/mol. The van der Waals surface area contributed by atoms with E-state index in [2.05, 4.69) is 54.6 Å². The normalized spacial score (nSPS) is 16.9. The SMILES string of the molecule is O=C(NCc1cccnc1)NCC1CCN(c2cccc(Br)c2)C1. The molecular formula is C18H21BrN4O. The smallest absolute Gasteiger partial charge is 0.315 e. The van der Waals surface area contributed by atoms with Gasteiger partial charge in [-0.2, -0.15) is 0 Å². The maximum absolute atomic E-state index is 11.9. The molecule has 0 spiro atoms. The highest BCUT2D eigenvalue weighted by atomic mass is 79.9. The Hall–Kier alpha value is -2.08. The van der Waals surface area contributed by atoms with Crippen LogP contribution in [0.15, 0.2) is 53.3 Å². The second-order valence-corrected chi connectivity index (χ2v) is 6.92. The highest BCUT2D eigenvalue weighted by Crippen LogP contribution is 2.25. The Morgan fingerprint density at radius 2 is 2.21 bits per heavy atom. The molecule has 1 fully saturated rings. The summed E-state index contributed by atoms with van der Waals surface area (Å²) in [5, 5.41) is 5.84. The van der Waals surface area contributed by atoms with Gasteiger partial charge < -0.3 is 15.5 Å². The Bertz CT molecular complexity index is 680. The van der Waals surface area contributed by atoms with Gasteiger partial charge in [-0.25, -0.2) is 4.79 Å². The van der Waals surface area contributed by atoms with E-state index in [1.807, 2.05) is 18.2 Å². The van der Waals surface area contributed by atoms with E-state index in [-0.39, 0.29) is 6.03 Å². The fraction of sp³-hybridized carbons (Fsp3) is 0.333. The summed E-state index contributed by atoms with van der Waals surface area (Å²) >= 11 is 3.51. The van der Waals surface area contributed by atoms with E-state index in [0.29, 0.717) is 19.0 Å². The Kier molecular flexibility index (Phi) is 5.69. The molecule has 1 aliphatic heterocycles. The van der Waals surface area contributed by atoms with Gasteiger partial charge in [0.05, 0.1) is 0 Å². The molecule has 1 unspecified atom stereocenters. The summed E-state index contributed by atoms with van der Waals surface area (Å²) in [4.78, 5) is 18.3. The first kappa shape index (κ1) is 16.8. The van der Waals surface area contributed by atoms with Crippen LogP contribution >= 0.6 is 15.9 Å². The fourth-order valence-electron chi connectivity index (χ4n) is 2.89. The van der Waals surface area contributed by atoms with E-state index in [0.717, 1.165) is 29.5 Å². The predicted molar refractivity (Wildman–Crippen MR) is 98.9 cm³/mol. The lowest BCUT2D eigenvalue weighted by molar-refractivity contribution is 0.239. The van der Waals surface area contributed by atoms with Crippen molar-refractivity contribution in [2.45, 2.75) is 13.0 Å². The molecule has 2 aromatic rings. The number of benzene rings is 1. The van der Waals surface area contributed by atoms with Crippen molar-refractivity contribution >= 4 is 27.6 Å². The first-order chi connectivity index (χ1) is 11.7. The summed E-state index contributed by atoms with van der Waals surface area (Å²) in [6.45, 7) is 3.19. The molecule has 0 aliphatic carbocycles. The van der Waals surface area contributed by atoms with E-state index in [1.165, 1.54) is 5.69 Å². The van der Waals surface area contributed by atoms with Gasteiger partial charge in [0.25, 0.3) is 0 Å². The van der Waals surface area contributed by atoms with Crippen molar-refractivity contribution in [1.29, 1.82) is 0 Å². The van der Waals surface area contributed by atoms with Crippen molar-refractivity contribution in [2.75, 3.05) is 24.5 Å². The number of rotatable bonds is 5. The second-order valence-electron chi connectivity index (χ2n) is 6.01. The van der Waals surface area contributed by atoms with Crippen molar-refractivity contribution in [1.82, 2.24) is 15.6 Å². The van der Waals surface area contributed by atoms with Gasteiger partial charge in [-0.1, -0.05) is 28.1 Å². The van der Waals surface area contributed by atoms with Gasteiger partial charge in [0.2, 0.25) is 0 Å². The zero-order valence-electron chi connectivity index (χ0n) is 13.4. The molecule has 1 aromatic heterocycles. The lowest BCUT2D eigenvalue weighted by atomic mass is 10.1. The highest BCUT2D eigenvalue weighted by Gasteiger charge is 2.23. The van der Waals surface area contributed by atoms with Crippen LogP contribution in [0.3, 0.4) is 0 Å². The summed E-state index contributed by atoms with van der Waals surface area (Å²) in [5.41, 5.74) is 2.22. The Morgan fingerprint density at radius 1 is 1.29 bits per heavy atom. The Balaban J connectivity index is 1.40. The minimum atomic E-state index is -0.125. The third kappa shape index (κ3) is 4.71. The summed E-state index contributed by atoms with van der Waals surface area (Å²) in [5.74, 6) is 0.480. The van der Waals surface area contributed by atoms with Crippen LogP contribution in [0.1, 0.15) is 12.0 Å². The molecular weight excluding hydrogens is 368 g/mol. The number of halogens is 1. The van der Waals surface area contributed by atoms with Gasteiger partial charge in [0.15, 0.2) is 0 Å². The third-order valence-corrected chi connectivity index (χ3v) is 4.68. The largest absolute Gasteiger partial charge is 0.371 e. The van der Waals surface area contributed by atoms with Crippen molar-refractivity contribution < 1.29 is 4.79 Å². The van der Waals surface area contributed by atoms with Crippen molar-refractivity contribution in [2.24, 2.45) is 5.92 Å². The van der Waals surface area contributed by atoms with Gasteiger partial charge in [-0.05, 0) is 42.2 Å². The number of anilines is 1. The van der Waals surface area contributed by atoms with Crippen LogP contribution in [0, 0.1) is 5.92 Å². The van der Waals surface area contributed by atoms with E-state index in [1.54, 1.807) is 12.4 Å². The Labute approximate surface area is 150 Å². The van der Waals surface area contributed by atoms with Crippen molar-refractivity contribution in [3.8, 4) is 0 Å². The predicted octanol–water partition coefficient (Wildman–Crippen LogP) is 3.17. The van der Waals surface area contributed by atoms with Crippen LogP contribution in [-0.4, -0.2) is 30.6 Å². The molecule has 3 rings (SSSR count). The van der Waals surface area contributed by atoms with Gasteiger partial charge in [0.1, 0.15) is 0 Å². The molecule has 2 amide bonds. The molecule has 1 aliphatic rings. The molecule has 1 atom stereocenters. The summed E-state index contributed by atoms with van der Waals surface area (Å²) in [7, 11) is 0. The maximum atomic E-state index is 11.9. The topological polar surface area (TPSA) is 57.3 Å².